The zero-order valence-corrected chi connectivity index (χ0v) is 11.4. The van der Waals surface area contributed by atoms with E-state index in [1.807, 2.05) is 0 Å². The van der Waals surface area contributed by atoms with Gasteiger partial charge >= 0.3 is 0 Å². The van der Waals surface area contributed by atoms with Gasteiger partial charge in [-0.2, -0.15) is 0 Å². The van der Waals surface area contributed by atoms with Crippen molar-refractivity contribution in [2.75, 3.05) is 0 Å². The molecule has 0 aromatic heterocycles. The summed E-state index contributed by atoms with van der Waals surface area (Å²) in [6.45, 7) is 3.68. The van der Waals surface area contributed by atoms with Crippen LogP contribution in [-0.2, 0) is 0 Å². The Kier molecular flexibility index (Phi) is 8.42. The van der Waals surface area contributed by atoms with Crippen LogP contribution in [0.3, 0.4) is 0 Å². The molecule has 1 nitrogen and oxygen atoms in total. The minimum absolute atomic E-state index is 0.284. The molecule has 0 aromatic rings. The first-order chi connectivity index (χ1) is 8.33. The quantitative estimate of drug-likeness (QED) is 0.697. The maximum Gasteiger partial charge on any atom is 0.0720 e. The van der Waals surface area contributed by atoms with Crippen LogP contribution in [0, 0.1) is 5.92 Å². The van der Waals surface area contributed by atoms with Gasteiger partial charge in [0.15, 0.2) is 0 Å². The van der Waals surface area contributed by atoms with Crippen LogP contribution in [0.15, 0.2) is 12.7 Å². The predicted octanol–water partition coefficient (Wildman–Crippen LogP) is 4.84. The average molecular weight is 238 g/mol. The summed E-state index contributed by atoms with van der Waals surface area (Å²) >= 11 is 0. The fourth-order valence-corrected chi connectivity index (χ4v) is 2.92. The Morgan fingerprint density at radius 2 is 1.29 bits per heavy atom. The maximum atomic E-state index is 9.68. The zero-order valence-electron chi connectivity index (χ0n) is 11.4. The summed E-state index contributed by atoms with van der Waals surface area (Å²) in [7, 11) is 0. The lowest BCUT2D eigenvalue weighted by molar-refractivity contribution is 0.177. The minimum Gasteiger partial charge on any atom is -0.389 e. The molecule has 0 bridgehead atoms. The topological polar surface area (TPSA) is 20.2 Å². The van der Waals surface area contributed by atoms with Crippen LogP contribution in [-0.4, -0.2) is 11.2 Å². The molecule has 0 heterocycles. The van der Waals surface area contributed by atoms with E-state index >= 15 is 0 Å². The Labute approximate surface area is 107 Å². The molecule has 1 rings (SSSR count). The Balaban J connectivity index is 2.29. The lowest BCUT2D eigenvalue weighted by Gasteiger charge is -2.19. The van der Waals surface area contributed by atoms with E-state index in [9.17, 15) is 5.11 Å². The second-order valence-electron chi connectivity index (χ2n) is 5.66. The molecule has 1 aliphatic rings. The van der Waals surface area contributed by atoms with Crippen LogP contribution < -0.4 is 0 Å². The van der Waals surface area contributed by atoms with E-state index in [0.717, 1.165) is 12.3 Å². The number of hydrogen-bond donors (Lipinski definition) is 1. The molecule has 100 valence electrons. The fourth-order valence-electron chi connectivity index (χ4n) is 2.92. The second-order valence-corrected chi connectivity index (χ2v) is 5.66. The molecule has 1 fully saturated rings. The number of aliphatic hydroxyl groups is 1. The van der Waals surface area contributed by atoms with Crippen molar-refractivity contribution in [1.29, 1.82) is 0 Å². The van der Waals surface area contributed by atoms with Gasteiger partial charge in [0.25, 0.3) is 0 Å². The minimum atomic E-state index is -0.284. The molecule has 1 atom stereocenters. The van der Waals surface area contributed by atoms with Gasteiger partial charge in [-0.25, -0.2) is 0 Å². The molecule has 0 radical (unpaired) electrons. The van der Waals surface area contributed by atoms with E-state index in [4.69, 9.17) is 0 Å². The van der Waals surface area contributed by atoms with E-state index in [1.165, 1.54) is 70.6 Å². The van der Waals surface area contributed by atoms with Crippen molar-refractivity contribution in [3.8, 4) is 0 Å². The van der Waals surface area contributed by atoms with Gasteiger partial charge in [-0.1, -0.05) is 76.7 Å². The summed E-state index contributed by atoms with van der Waals surface area (Å²) in [5.41, 5.74) is 0. The van der Waals surface area contributed by atoms with Gasteiger partial charge in [0.2, 0.25) is 0 Å². The molecule has 0 amide bonds. The van der Waals surface area contributed by atoms with Crippen molar-refractivity contribution in [3.05, 3.63) is 12.7 Å². The summed E-state index contributed by atoms with van der Waals surface area (Å²) in [6.07, 6.45) is 17.6. The summed E-state index contributed by atoms with van der Waals surface area (Å²) < 4.78 is 0. The zero-order chi connectivity index (χ0) is 12.3. The van der Waals surface area contributed by atoms with Crippen LogP contribution in [0.4, 0.5) is 0 Å². The van der Waals surface area contributed by atoms with Gasteiger partial charge in [-0.15, -0.1) is 6.58 Å². The van der Waals surface area contributed by atoms with Crippen LogP contribution in [0.1, 0.15) is 77.0 Å². The number of aliphatic hydroxyl groups excluding tert-OH is 1. The first-order valence-electron chi connectivity index (χ1n) is 7.63. The van der Waals surface area contributed by atoms with Crippen LogP contribution in [0.5, 0.6) is 0 Å². The van der Waals surface area contributed by atoms with Crippen molar-refractivity contribution < 1.29 is 5.11 Å². The summed E-state index contributed by atoms with van der Waals surface area (Å²) in [4.78, 5) is 0. The van der Waals surface area contributed by atoms with Crippen molar-refractivity contribution >= 4 is 0 Å². The SMILES string of the molecule is C=CC(O)CC1CCCCCCCCCCC1. The maximum absolute atomic E-state index is 9.68. The first kappa shape index (κ1) is 14.8. The molecule has 1 saturated carbocycles. The van der Waals surface area contributed by atoms with Gasteiger partial charge < -0.3 is 5.11 Å². The largest absolute Gasteiger partial charge is 0.389 e. The summed E-state index contributed by atoms with van der Waals surface area (Å²) in [5, 5.41) is 9.68. The van der Waals surface area contributed by atoms with Crippen molar-refractivity contribution in [2.45, 2.75) is 83.2 Å². The lowest BCUT2D eigenvalue weighted by Crippen LogP contribution is -2.11. The van der Waals surface area contributed by atoms with Gasteiger partial charge in [0, 0.05) is 0 Å². The molecule has 1 N–H and O–H groups in total. The number of rotatable bonds is 3. The smallest absolute Gasteiger partial charge is 0.0720 e. The summed E-state index contributed by atoms with van der Waals surface area (Å²) in [6, 6.07) is 0. The molecule has 0 saturated heterocycles. The normalized spacial score (nSPS) is 23.4. The molecule has 1 heteroatoms. The molecular formula is C16H30O. The average Bonchev–Trinajstić information content (AvgIpc) is 2.32. The third-order valence-electron chi connectivity index (χ3n) is 4.07. The van der Waals surface area contributed by atoms with Gasteiger partial charge in [0.05, 0.1) is 6.10 Å². The lowest BCUT2D eigenvalue weighted by atomic mass is 9.89. The molecule has 1 unspecified atom stereocenters. The predicted molar refractivity (Wildman–Crippen MR) is 75.1 cm³/mol. The van der Waals surface area contributed by atoms with Gasteiger partial charge in [-0.3, -0.25) is 0 Å². The molecular weight excluding hydrogens is 208 g/mol. The van der Waals surface area contributed by atoms with E-state index in [0.29, 0.717) is 0 Å². The Morgan fingerprint density at radius 1 is 0.882 bits per heavy atom. The standard InChI is InChI=1S/C16H30O/c1-2-16(17)14-15-12-10-8-6-4-3-5-7-9-11-13-15/h2,15-17H,1,3-14H2. The van der Waals surface area contributed by atoms with E-state index in [2.05, 4.69) is 6.58 Å². The highest BCUT2D eigenvalue weighted by atomic mass is 16.3. The Hall–Kier alpha value is -0.300. The van der Waals surface area contributed by atoms with Crippen molar-refractivity contribution in [2.24, 2.45) is 5.92 Å². The molecule has 0 spiro atoms. The molecule has 0 aromatic carbocycles. The van der Waals surface area contributed by atoms with Crippen molar-refractivity contribution in [3.63, 3.8) is 0 Å². The highest BCUT2D eigenvalue weighted by molar-refractivity contribution is 4.80. The summed E-state index contributed by atoms with van der Waals surface area (Å²) in [5.74, 6) is 0.724. The Morgan fingerprint density at radius 3 is 1.71 bits per heavy atom. The third-order valence-corrected chi connectivity index (χ3v) is 4.07. The van der Waals surface area contributed by atoms with E-state index in [-0.39, 0.29) is 6.10 Å². The Bertz CT molecular complexity index is 176. The van der Waals surface area contributed by atoms with Crippen molar-refractivity contribution in [1.82, 2.24) is 0 Å². The van der Waals surface area contributed by atoms with Crippen LogP contribution >= 0.6 is 0 Å². The highest BCUT2D eigenvalue weighted by Crippen LogP contribution is 2.24. The van der Waals surface area contributed by atoms with E-state index < -0.39 is 0 Å². The van der Waals surface area contributed by atoms with Crippen LogP contribution in [0.2, 0.25) is 0 Å². The highest BCUT2D eigenvalue weighted by Gasteiger charge is 2.12. The van der Waals surface area contributed by atoms with Gasteiger partial charge in [0.1, 0.15) is 0 Å². The van der Waals surface area contributed by atoms with Gasteiger partial charge in [-0.05, 0) is 12.3 Å². The second kappa shape index (κ2) is 9.70. The van der Waals surface area contributed by atoms with Crippen LogP contribution in [0.25, 0.3) is 0 Å². The first-order valence-corrected chi connectivity index (χ1v) is 7.63. The van der Waals surface area contributed by atoms with E-state index in [1.54, 1.807) is 6.08 Å². The monoisotopic (exact) mass is 238 g/mol. The third kappa shape index (κ3) is 7.59. The molecule has 17 heavy (non-hydrogen) atoms. The fraction of sp³-hybridized carbons (Fsp3) is 0.875. The molecule has 0 aliphatic heterocycles. The number of hydrogen-bond acceptors (Lipinski definition) is 1. The molecule has 1 aliphatic carbocycles.